The van der Waals surface area contributed by atoms with Gasteiger partial charge in [-0.05, 0) is 36.2 Å². The molecule has 2 aromatic carbocycles. The summed E-state index contributed by atoms with van der Waals surface area (Å²) in [5.74, 6) is -0.252. The van der Waals surface area contributed by atoms with Gasteiger partial charge in [0.25, 0.3) is 0 Å². The summed E-state index contributed by atoms with van der Waals surface area (Å²) >= 11 is 12.0. The first-order valence-corrected chi connectivity index (χ1v) is 6.65. The molecule has 2 rings (SSSR count). The van der Waals surface area contributed by atoms with Crippen LogP contribution in [0.15, 0.2) is 48.5 Å². The molecule has 1 N–H and O–H groups in total. The molecule has 0 aliphatic rings. The van der Waals surface area contributed by atoms with Gasteiger partial charge in [-0.2, -0.15) is 0 Å². The SMILES string of the molecule is Cc1cc(Cl)ccc1NC(=O)C(Cl)c1ccccc1. The van der Waals surface area contributed by atoms with Crippen LogP contribution in [-0.4, -0.2) is 5.91 Å². The summed E-state index contributed by atoms with van der Waals surface area (Å²) < 4.78 is 0. The van der Waals surface area contributed by atoms with Gasteiger partial charge in [0.15, 0.2) is 0 Å². The van der Waals surface area contributed by atoms with Crippen molar-refractivity contribution in [2.45, 2.75) is 12.3 Å². The Hall–Kier alpha value is -1.51. The van der Waals surface area contributed by atoms with Crippen LogP contribution in [0.3, 0.4) is 0 Å². The molecular formula is C15H13Cl2NO. The molecule has 0 spiro atoms. The first-order valence-electron chi connectivity index (χ1n) is 5.84. The number of carbonyl (C=O) groups is 1. The molecule has 1 atom stereocenters. The maximum absolute atomic E-state index is 12.1. The highest BCUT2D eigenvalue weighted by atomic mass is 35.5. The average Bonchev–Trinajstić information content (AvgIpc) is 2.42. The van der Waals surface area contributed by atoms with Crippen molar-refractivity contribution >= 4 is 34.8 Å². The third kappa shape index (κ3) is 3.49. The highest BCUT2D eigenvalue weighted by molar-refractivity contribution is 6.32. The second-order valence-corrected chi connectivity index (χ2v) is 5.09. The fraction of sp³-hybridized carbons (Fsp3) is 0.133. The van der Waals surface area contributed by atoms with Crippen LogP contribution in [0.2, 0.25) is 5.02 Å². The van der Waals surface area contributed by atoms with Crippen molar-refractivity contribution in [1.82, 2.24) is 0 Å². The lowest BCUT2D eigenvalue weighted by atomic mass is 10.1. The monoisotopic (exact) mass is 293 g/mol. The fourth-order valence-electron chi connectivity index (χ4n) is 1.74. The lowest BCUT2D eigenvalue weighted by Gasteiger charge is -2.12. The van der Waals surface area contributed by atoms with Gasteiger partial charge in [-0.3, -0.25) is 4.79 Å². The van der Waals surface area contributed by atoms with Gasteiger partial charge in [0.05, 0.1) is 0 Å². The molecule has 0 fully saturated rings. The Bertz CT molecular complexity index is 584. The van der Waals surface area contributed by atoms with Crippen LogP contribution in [0.5, 0.6) is 0 Å². The Morgan fingerprint density at radius 3 is 2.47 bits per heavy atom. The standard InChI is InChI=1S/C15H13Cl2NO/c1-10-9-12(16)7-8-13(10)18-15(19)14(17)11-5-3-2-4-6-11/h2-9,14H,1H3,(H,18,19). The fourth-order valence-corrected chi connectivity index (χ4v) is 2.16. The van der Waals surface area contributed by atoms with E-state index in [1.54, 1.807) is 18.2 Å². The van der Waals surface area contributed by atoms with Crippen LogP contribution in [0, 0.1) is 6.92 Å². The molecule has 0 bridgehead atoms. The Morgan fingerprint density at radius 2 is 1.84 bits per heavy atom. The lowest BCUT2D eigenvalue weighted by Crippen LogP contribution is -2.17. The third-order valence-electron chi connectivity index (χ3n) is 2.77. The number of benzene rings is 2. The summed E-state index contributed by atoms with van der Waals surface area (Å²) in [4.78, 5) is 12.1. The summed E-state index contributed by atoms with van der Waals surface area (Å²) in [6.07, 6.45) is 0. The van der Waals surface area contributed by atoms with E-state index in [1.165, 1.54) is 0 Å². The lowest BCUT2D eigenvalue weighted by molar-refractivity contribution is -0.116. The summed E-state index contributed by atoms with van der Waals surface area (Å²) in [5.41, 5.74) is 2.39. The van der Waals surface area contributed by atoms with E-state index in [0.717, 1.165) is 16.8 Å². The highest BCUT2D eigenvalue weighted by Crippen LogP contribution is 2.24. The number of hydrogen-bond acceptors (Lipinski definition) is 1. The van der Waals surface area contributed by atoms with E-state index in [0.29, 0.717) is 5.02 Å². The average molecular weight is 294 g/mol. The molecule has 0 saturated heterocycles. The molecule has 0 aliphatic heterocycles. The highest BCUT2D eigenvalue weighted by Gasteiger charge is 2.17. The van der Waals surface area contributed by atoms with E-state index < -0.39 is 5.38 Å². The van der Waals surface area contributed by atoms with E-state index in [-0.39, 0.29) is 5.91 Å². The van der Waals surface area contributed by atoms with E-state index in [1.807, 2.05) is 37.3 Å². The largest absolute Gasteiger partial charge is 0.324 e. The van der Waals surface area contributed by atoms with Crippen LogP contribution in [-0.2, 0) is 4.79 Å². The molecule has 0 saturated carbocycles. The second-order valence-electron chi connectivity index (χ2n) is 4.22. The van der Waals surface area contributed by atoms with Crippen molar-refractivity contribution in [3.05, 3.63) is 64.7 Å². The van der Waals surface area contributed by atoms with Gasteiger partial charge < -0.3 is 5.32 Å². The Labute approximate surface area is 122 Å². The van der Waals surface area contributed by atoms with Crippen LogP contribution in [0.1, 0.15) is 16.5 Å². The van der Waals surface area contributed by atoms with Gasteiger partial charge in [-0.15, -0.1) is 11.6 Å². The maximum Gasteiger partial charge on any atom is 0.246 e. The molecule has 0 heterocycles. The van der Waals surface area contributed by atoms with E-state index >= 15 is 0 Å². The molecular weight excluding hydrogens is 281 g/mol. The first-order chi connectivity index (χ1) is 9.08. The molecule has 1 amide bonds. The van der Waals surface area contributed by atoms with Crippen molar-refractivity contribution in [3.63, 3.8) is 0 Å². The van der Waals surface area contributed by atoms with Crippen molar-refractivity contribution in [2.24, 2.45) is 0 Å². The van der Waals surface area contributed by atoms with E-state index in [2.05, 4.69) is 5.32 Å². The van der Waals surface area contributed by atoms with Crippen LogP contribution in [0.4, 0.5) is 5.69 Å². The Kier molecular flexibility index (Phi) is 4.46. The molecule has 2 aromatic rings. The van der Waals surface area contributed by atoms with Gasteiger partial charge in [-0.1, -0.05) is 41.9 Å². The number of alkyl halides is 1. The smallest absolute Gasteiger partial charge is 0.246 e. The zero-order chi connectivity index (χ0) is 13.8. The molecule has 0 aromatic heterocycles. The van der Waals surface area contributed by atoms with Gasteiger partial charge in [0.1, 0.15) is 5.38 Å². The summed E-state index contributed by atoms with van der Waals surface area (Å²) in [5, 5.41) is 2.73. The van der Waals surface area contributed by atoms with Crippen LogP contribution in [0.25, 0.3) is 0 Å². The normalized spacial score (nSPS) is 11.9. The summed E-state index contributed by atoms with van der Waals surface area (Å²) in [6, 6.07) is 14.5. The van der Waals surface area contributed by atoms with Crippen molar-refractivity contribution in [3.8, 4) is 0 Å². The van der Waals surface area contributed by atoms with Gasteiger partial charge in [0.2, 0.25) is 5.91 Å². The Balaban J connectivity index is 2.13. The predicted molar refractivity (Wildman–Crippen MR) is 79.9 cm³/mol. The quantitative estimate of drug-likeness (QED) is 0.826. The van der Waals surface area contributed by atoms with E-state index in [9.17, 15) is 4.79 Å². The number of anilines is 1. The van der Waals surface area contributed by atoms with Gasteiger partial charge >= 0.3 is 0 Å². The number of nitrogens with one attached hydrogen (secondary N) is 1. The number of halogens is 2. The minimum Gasteiger partial charge on any atom is -0.324 e. The van der Waals surface area contributed by atoms with Crippen molar-refractivity contribution in [2.75, 3.05) is 5.32 Å². The number of hydrogen-bond donors (Lipinski definition) is 1. The summed E-state index contributed by atoms with van der Waals surface area (Å²) in [6.45, 7) is 1.88. The molecule has 4 heteroatoms. The minimum atomic E-state index is -0.712. The number of rotatable bonds is 3. The molecule has 0 aliphatic carbocycles. The number of carbonyl (C=O) groups excluding carboxylic acids is 1. The summed E-state index contributed by atoms with van der Waals surface area (Å²) in [7, 11) is 0. The van der Waals surface area contributed by atoms with Crippen LogP contribution < -0.4 is 5.32 Å². The molecule has 19 heavy (non-hydrogen) atoms. The number of aryl methyl sites for hydroxylation is 1. The molecule has 1 unspecified atom stereocenters. The zero-order valence-electron chi connectivity index (χ0n) is 10.4. The predicted octanol–water partition coefficient (Wildman–Crippen LogP) is 4.57. The van der Waals surface area contributed by atoms with Crippen LogP contribution >= 0.6 is 23.2 Å². The molecule has 2 nitrogen and oxygen atoms in total. The Morgan fingerprint density at radius 1 is 1.16 bits per heavy atom. The van der Waals surface area contributed by atoms with Crippen molar-refractivity contribution < 1.29 is 4.79 Å². The third-order valence-corrected chi connectivity index (χ3v) is 3.45. The first kappa shape index (κ1) is 13.9. The van der Waals surface area contributed by atoms with Gasteiger partial charge in [-0.25, -0.2) is 0 Å². The second kappa shape index (κ2) is 6.09. The van der Waals surface area contributed by atoms with E-state index in [4.69, 9.17) is 23.2 Å². The molecule has 0 radical (unpaired) electrons. The number of amides is 1. The zero-order valence-corrected chi connectivity index (χ0v) is 11.9. The van der Waals surface area contributed by atoms with Gasteiger partial charge in [0, 0.05) is 10.7 Å². The maximum atomic E-state index is 12.1. The minimum absolute atomic E-state index is 0.252. The topological polar surface area (TPSA) is 29.1 Å². The molecule has 98 valence electrons. The van der Waals surface area contributed by atoms with Crippen molar-refractivity contribution in [1.29, 1.82) is 0 Å².